The largest absolute Gasteiger partial charge is 0.357 e. The molecule has 5 nitrogen and oxygen atoms in total. The molecule has 0 unspecified atom stereocenters. The molecule has 5 heteroatoms. The smallest absolute Gasteiger partial charge is 0.222 e. The van der Waals surface area contributed by atoms with Crippen LogP contribution in [0.5, 0.6) is 0 Å². The van der Waals surface area contributed by atoms with Crippen LogP contribution >= 0.6 is 0 Å². The van der Waals surface area contributed by atoms with Crippen LogP contribution in [0.4, 0.5) is 5.95 Å². The summed E-state index contributed by atoms with van der Waals surface area (Å²) >= 11 is 0. The number of carbonyl (C=O) groups is 1. The Morgan fingerprint density at radius 3 is 2.69 bits per heavy atom. The zero-order valence-corrected chi connectivity index (χ0v) is 9.53. The Morgan fingerprint density at radius 1 is 1.44 bits per heavy atom. The average Bonchev–Trinajstić information content (AvgIpc) is 2.29. The van der Waals surface area contributed by atoms with E-state index in [9.17, 15) is 4.79 Å². The molecule has 0 bridgehead atoms. The predicted octanol–water partition coefficient (Wildman–Crippen LogP) is 1.06. The lowest BCUT2D eigenvalue weighted by atomic mass is 10.3. The molecule has 0 spiro atoms. The number of nitrogens with zero attached hydrogens (tertiary/aromatic N) is 2. The maximum atomic E-state index is 10.6. The molecule has 0 aliphatic rings. The Bertz CT molecular complexity index is 359. The first-order valence-corrected chi connectivity index (χ1v) is 5.13. The second-order valence-electron chi connectivity index (χ2n) is 3.26. The van der Waals surface area contributed by atoms with Crippen LogP contribution in [0, 0.1) is 0 Å². The Balaban J connectivity index is 2.35. The normalized spacial score (nSPS) is 10.4. The highest BCUT2D eigenvalue weighted by atomic mass is 16.1. The molecule has 0 saturated heterocycles. The van der Waals surface area contributed by atoms with Gasteiger partial charge in [-0.2, -0.15) is 0 Å². The maximum absolute atomic E-state index is 10.6. The average molecular weight is 220 g/mol. The molecule has 1 heterocycles. The molecule has 1 aromatic heterocycles. The van der Waals surface area contributed by atoms with Crippen molar-refractivity contribution in [3.8, 4) is 0 Å². The van der Waals surface area contributed by atoms with Crippen LogP contribution < -0.4 is 10.6 Å². The lowest BCUT2D eigenvalue weighted by molar-refractivity contribution is -0.118. The zero-order valence-electron chi connectivity index (χ0n) is 9.53. The third-order valence-electron chi connectivity index (χ3n) is 1.89. The van der Waals surface area contributed by atoms with E-state index >= 15 is 0 Å². The summed E-state index contributed by atoms with van der Waals surface area (Å²) in [7, 11) is 1.78. The highest BCUT2D eigenvalue weighted by Crippen LogP contribution is 2.01. The van der Waals surface area contributed by atoms with Gasteiger partial charge < -0.3 is 10.6 Å². The predicted molar refractivity (Wildman–Crippen MR) is 63.9 cm³/mol. The van der Waals surface area contributed by atoms with Crippen molar-refractivity contribution in [1.29, 1.82) is 0 Å². The molecular weight excluding hydrogens is 204 g/mol. The summed E-state index contributed by atoms with van der Waals surface area (Å²) in [5, 5.41) is 5.57. The van der Waals surface area contributed by atoms with Gasteiger partial charge in [-0.05, 0) is 6.42 Å². The van der Waals surface area contributed by atoms with Crippen molar-refractivity contribution >= 4 is 17.9 Å². The van der Waals surface area contributed by atoms with Gasteiger partial charge in [0.2, 0.25) is 11.9 Å². The number of anilines is 1. The highest BCUT2D eigenvalue weighted by Gasteiger charge is 1.91. The quantitative estimate of drug-likeness (QED) is 0.728. The Kier molecular flexibility index (Phi) is 4.98. The van der Waals surface area contributed by atoms with Crippen molar-refractivity contribution in [2.75, 3.05) is 18.9 Å². The van der Waals surface area contributed by atoms with E-state index in [2.05, 4.69) is 20.6 Å². The first-order valence-electron chi connectivity index (χ1n) is 5.13. The van der Waals surface area contributed by atoms with Crippen LogP contribution in [0.3, 0.4) is 0 Å². The molecule has 1 rings (SSSR count). The molecular formula is C11H16N4O. The Morgan fingerprint density at radius 2 is 2.12 bits per heavy atom. The van der Waals surface area contributed by atoms with Gasteiger partial charge in [-0.25, -0.2) is 9.97 Å². The van der Waals surface area contributed by atoms with E-state index in [1.165, 1.54) is 6.92 Å². The fourth-order valence-electron chi connectivity index (χ4n) is 1.10. The second kappa shape index (κ2) is 6.55. The van der Waals surface area contributed by atoms with Crippen molar-refractivity contribution in [2.45, 2.75) is 13.3 Å². The summed E-state index contributed by atoms with van der Waals surface area (Å²) < 4.78 is 0. The molecule has 0 aliphatic carbocycles. The summed E-state index contributed by atoms with van der Waals surface area (Å²) in [4.78, 5) is 18.7. The van der Waals surface area contributed by atoms with Gasteiger partial charge in [-0.1, -0.05) is 12.2 Å². The SMILES string of the molecule is CNc1ncc(C=CCCNC(C)=O)cn1. The number of carbonyl (C=O) groups excluding carboxylic acids is 1. The lowest BCUT2D eigenvalue weighted by Gasteiger charge is -1.98. The van der Waals surface area contributed by atoms with Gasteiger partial charge in [-0.3, -0.25) is 4.79 Å². The molecule has 0 radical (unpaired) electrons. The Hall–Kier alpha value is -1.91. The van der Waals surface area contributed by atoms with Crippen molar-refractivity contribution in [1.82, 2.24) is 15.3 Å². The third kappa shape index (κ3) is 4.54. The van der Waals surface area contributed by atoms with Crippen molar-refractivity contribution in [3.63, 3.8) is 0 Å². The molecule has 2 N–H and O–H groups in total. The summed E-state index contributed by atoms with van der Waals surface area (Å²) in [6.07, 6.45) is 8.20. The molecule has 0 aromatic carbocycles. The van der Waals surface area contributed by atoms with Crippen LogP contribution in [0.2, 0.25) is 0 Å². The molecule has 0 fully saturated rings. The molecule has 16 heavy (non-hydrogen) atoms. The molecule has 0 saturated carbocycles. The summed E-state index contributed by atoms with van der Waals surface area (Å²) in [5.41, 5.74) is 0.946. The molecule has 1 amide bonds. The van der Waals surface area contributed by atoms with Gasteiger partial charge in [0.25, 0.3) is 0 Å². The van der Waals surface area contributed by atoms with Crippen molar-refractivity contribution in [3.05, 3.63) is 24.0 Å². The fourth-order valence-corrected chi connectivity index (χ4v) is 1.10. The first-order chi connectivity index (χ1) is 7.72. The molecule has 0 atom stereocenters. The van der Waals surface area contributed by atoms with Gasteiger partial charge >= 0.3 is 0 Å². The van der Waals surface area contributed by atoms with E-state index in [0.717, 1.165) is 12.0 Å². The van der Waals surface area contributed by atoms with Crippen molar-refractivity contribution in [2.24, 2.45) is 0 Å². The minimum Gasteiger partial charge on any atom is -0.357 e. The van der Waals surface area contributed by atoms with Gasteiger partial charge in [-0.15, -0.1) is 0 Å². The zero-order chi connectivity index (χ0) is 11.8. The monoisotopic (exact) mass is 220 g/mol. The maximum Gasteiger partial charge on any atom is 0.222 e. The summed E-state index contributed by atoms with van der Waals surface area (Å²) in [6.45, 7) is 2.16. The van der Waals surface area contributed by atoms with Crippen LogP contribution in [0.15, 0.2) is 18.5 Å². The van der Waals surface area contributed by atoms with E-state index < -0.39 is 0 Å². The lowest BCUT2D eigenvalue weighted by Crippen LogP contribution is -2.20. The van der Waals surface area contributed by atoms with Gasteiger partial charge in [0.15, 0.2) is 0 Å². The number of nitrogens with one attached hydrogen (secondary N) is 2. The molecule has 1 aromatic rings. The van der Waals surface area contributed by atoms with E-state index in [0.29, 0.717) is 12.5 Å². The van der Waals surface area contributed by atoms with E-state index in [1.807, 2.05) is 12.2 Å². The van der Waals surface area contributed by atoms with Crippen molar-refractivity contribution < 1.29 is 4.79 Å². The van der Waals surface area contributed by atoms with E-state index in [1.54, 1.807) is 19.4 Å². The van der Waals surface area contributed by atoms with Gasteiger partial charge in [0.05, 0.1) is 0 Å². The van der Waals surface area contributed by atoms with E-state index in [-0.39, 0.29) is 5.91 Å². The highest BCUT2D eigenvalue weighted by molar-refractivity contribution is 5.72. The third-order valence-corrected chi connectivity index (χ3v) is 1.89. The summed E-state index contributed by atoms with van der Waals surface area (Å²) in [5.74, 6) is 0.602. The fraction of sp³-hybridized carbons (Fsp3) is 0.364. The number of rotatable bonds is 5. The second-order valence-corrected chi connectivity index (χ2v) is 3.26. The van der Waals surface area contributed by atoms with Crippen LogP contribution in [0.25, 0.3) is 6.08 Å². The molecule has 0 aliphatic heterocycles. The van der Waals surface area contributed by atoms with Crippen LogP contribution in [-0.4, -0.2) is 29.5 Å². The first kappa shape index (κ1) is 12.2. The van der Waals surface area contributed by atoms with Crippen LogP contribution in [-0.2, 0) is 4.79 Å². The topological polar surface area (TPSA) is 66.9 Å². The minimum atomic E-state index is -0.00453. The standard InChI is InChI=1S/C11H16N4O/c1-9(16)13-6-4-3-5-10-7-14-11(12-2)15-8-10/h3,5,7-8H,4,6H2,1-2H3,(H,13,16)(H,12,14,15). The molecule has 86 valence electrons. The minimum absolute atomic E-state index is 0.00453. The number of hydrogen-bond acceptors (Lipinski definition) is 4. The van der Waals surface area contributed by atoms with E-state index in [4.69, 9.17) is 0 Å². The Labute approximate surface area is 95.0 Å². The number of amides is 1. The van der Waals surface area contributed by atoms with Gasteiger partial charge in [0.1, 0.15) is 0 Å². The van der Waals surface area contributed by atoms with Crippen LogP contribution in [0.1, 0.15) is 18.9 Å². The summed E-state index contributed by atoms with van der Waals surface area (Å²) in [6, 6.07) is 0. The number of aromatic nitrogens is 2. The number of hydrogen-bond donors (Lipinski definition) is 2. The van der Waals surface area contributed by atoms with Gasteiger partial charge in [0, 0.05) is 38.5 Å².